The number of hydrogen-bond acceptors (Lipinski definition) is 4. The highest BCUT2D eigenvalue weighted by atomic mass is 16.2. The number of benzene rings is 1. The maximum atomic E-state index is 12.3. The van der Waals surface area contributed by atoms with E-state index in [2.05, 4.69) is 40.4 Å². The van der Waals surface area contributed by atoms with Gasteiger partial charge in [-0.3, -0.25) is 9.48 Å². The Morgan fingerprint density at radius 1 is 1.17 bits per heavy atom. The second-order valence-electron chi connectivity index (χ2n) is 5.94. The molecular weight excluding hydrogens is 304 g/mol. The van der Waals surface area contributed by atoms with Crippen molar-refractivity contribution >= 4 is 11.7 Å². The molecule has 2 aromatic heterocycles. The highest BCUT2D eigenvalue weighted by molar-refractivity contribution is 6.00. The molecule has 7 nitrogen and oxygen atoms in total. The molecule has 0 aliphatic rings. The number of rotatable bonds is 4. The maximum Gasteiger partial charge on any atom is 0.296 e. The van der Waals surface area contributed by atoms with Gasteiger partial charge in [-0.2, -0.15) is 5.10 Å². The van der Waals surface area contributed by atoms with Crippen LogP contribution in [0.25, 0.3) is 5.69 Å². The molecule has 0 radical (unpaired) electrons. The Morgan fingerprint density at radius 3 is 2.58 bits per heavy atom. The summed E-state index contributed by atoms with van der Waals surface area (Å²) in [5.41, 5.74) is 2.09. The molecule has 2 heterocycles. The van der Waals surface area contributed by atoms with Gasteiger partial charge in [-0.25, -0.2) is 9.67 Å². The zero-order valence-electron chi connectivity index (χ0n) is 14.2. The summed E-state index contributed by atoms with van der Waals surface area (Å²) >= 11 is 0. The van der Waals surface area contributed by atoms with E-state index in [1.54, 1.807) is 28.7 Å². The van der Waals surface area contributed by atoms with Crippen molar-refractivity contribution in [3.63, 3.8) is 0 Å². The lowest BCUT2D eigenvalue weighted by Crippen LogP contribution is -2.15. The molecule has 7 heteroatoms. The molecule has 24 heavy (non-hydrogen) atoms. The fraction of sp³-hybridized carbons (Fsp3) is 0.294. The lowest BCUT2D eigenvalue weighted by molar-refractivity contribution is 0.101. The van der Waals surface area contributed by atoms with Gasteiger partial charge in [0.1, 0.15) is 5.82 Å². The van der Waals surface area contributed by atoms with Crippen LogP contribution in [0, 0.1) is 6.92 Å². The number of anilines is 1. The quantitative estimate of drug-likeness (QED) is 0.800. The molecule has 0 bridgehead atoms. The molecule has 0 saturated carbocycles. The van der Waals surface area contributed by atoms with Gasteiger partial charge in [-0.1, -0.05) is 32.0 Å². The van der Waals surface area contributed by atoms with Gasteiger partial charge in [-0.05, 0) is 24.5 Å². The van der Waals surface area contributed by atoms with Gasteiger partial charge in [0.15, 0.2) is 5.82 Å². The van der Waals surface area contributed by atoms with Gasteiger partial charge < -0.3 is 5.32 Å². The standard InChI is InChI=1S/C17H20N6O/c1-11(2)13-7-5-6-8-14(13)23-12(3)18-16(21-23)17(24)19-15-9-10-22(4)20-15/h5-11H,1-4H3,(H,19,20,24). The van der Waals surface area contributed by atoms with Crippen LogP contribution in [0.4, 0.5) is 5.82 Å². The van der Waals surface area contributed by atoms with Gasteiger partial charge in [0.25, 0.3) is 5.91 Å². The minimum atomic E-state index is -0.377. The molecule has 0 spiro atoms. The predicted molar refractivity (Wildman–Crippen MR) is 91.3 cm³/mol. The van der Waals surface area contributed by atoms with Gasteiger partial charge in [0, 0.05) is 19.3 Å². The zero-order chi connectivity index (χ0) is 17.3. The number of nitrogens with zero attached hydrogens (tertiary/aromatic N) is 5. The smallest absolute Gasteiger partial charge is 0.296 e. The third-order valence-electron chi connectivity index (χ3n) is 3.71. The summed E-state index contributed by atoms with van der Waals surface area (Å²) in [6, 6.07) is 9.72. The van der Waals surface area contributed by atoms with Crippen LogP contribution >= 0.6 is 0 Å². The van der Waals surface area contributed by atoms with Crippen molar-refractivity contribution in [3.05, 3.63) is 53.7 Å². The first kappa shape index (κ1) is 15.9. The summed E-state index contributed by atoms with van der Waals surface area (Å²) in [5.74, 6) is 1.22. The van der Waals surface area contributed by atoms with E-state index in [1.165, 1.54) is 0 Å². The number of nitrogens with one attached hydrogen (secondary N) is 1. The molecule has 0 unspecified atom stereocenters. The molecule has 3 rings (SSSR count). The van der Waals surface area contributed by atoms with E-state index in [9.17, 15) is 4.79 Å². The molecule has 124 valence electrons. The first-order valence-electron chi connectivity index (χ1n) is 7.79. The minimum absolute atomic E-state index is 0.122. The molecular formula is C17H20N6O. The van der Waals surface area contributed by atoms with Crippen molar-refractivity contribution in [3.8, 4) is 5.69 Å². The summed E-state index contributed by atoms with van der Waals surface area (Å²) in [5, 5.41) is 11.2. The predicted octanol–water partition coefficient (Wildman–Crippen LogP) is 2.68. The van der Waals surface area contributed by atoms with Crippen LogP contribution in [0.1, 0.15) is 41.8 Å². The van der Waals surface area contributed by atoms with E-state index in [-0.39, 0.29) is 11.7 Å². The van der Waals surface area contributed by atoms with Gasteiger partial charge in [-0.15, -0.1) is 5.10 Å². The van der Waals surface area contributed by atoms with Gasteiger partial charge in [0.2, 0.25) is 5.82 Å². The third-order valence-corrected chi connectivity index (χ3v) is 3.71. The second-order valence-corrected chi connectivity index (χ2v) is 5.94. The number of para-hydroxylation sites is 1. The first-order valence-corrected chi connectivity index (χ1v) is 7.79. The molecule has 1 aromatic carbocycles. The molecule has 0 aliphatic carbocycles. The van der Waals surface area contributed by atoms with Crippen LogP contribution in [-0.4, -0.2) is 30.5 Å². The average molecular weight is 324 g/mol. The summed E-state index contributed by atoms with van der Waals surface area (Å²) in [6.07, 6.45) is 1.76. The molecule has 1 N–H and O–H groups in total. The van der Waals surface area contributed by atoms with Crippen LogP contribution in [0.5, 0.6) is 0 Å². The highest BCUT2D eigenvalue weighted by Crippen LogP contribution is 2.23. The van der Waals surface area contributed by atoms with E-state index in [4.69, 9.17) is 0 Å². The van der Waals surface area contributed by atoms with E-state index >= 15 is 0 Å². The Labute approximate surface area is 140 Å². The second kappa shape index (κ2) is 6.27. The fourth-order valence-electron chi connectivity index (χ4n) is 2.54. The fourth-order valence-corrected chi connectivity index (χ4v) is 2.54. The molecule has 0 aliphatic heterocycles. The molecule has 1 amide bonds. The SMILES string of the molecule is Cc1nc(C(=O)Nc2ccn(C)n2)nn1-c1ccccc1C(C)C. The number of carbonyl (C=O) groups is 1. The topological polar surface area (TPSA) is 77.6 Å². The average Bonchev–Trinajstić information content (AvgIpc) is 3.13. The summed E-state index contributed by atoms with van der Waals surface area (Å²) in [7, 11) is 1.79. The largest absolute Gasteiger partial charge is 0.302 e. The van der Waals surface area contributed by atoms with Crippen molar-refractivity contribution < 1.29 is 4.79 Å². The van der Waals surface area contributed by atoms with Crippen molar-refractivity contribution in [2.45, 2.75) is 26.7 Å². The Bertz CT molecular complexity index is 877. The zero-order valence-corrected chi connectivity index (χ0v) is 14.2. The molecule has 0 saturated heterocycles. The van der Waals surface area contributed by atoms with Crippen molar-refractivity contribution in [1.29, 1.82) is 0 Å². The van der Waals surface area contributed by atoms with Crippen LogP contribution in [0.3, 0.4) is 0 Å². The van der Waals surface area contributed by atoms with E-state index in [0.29, 0.717) is 17.6 Å². The van der Waals surface area contributed by atoms with Gasteiger partial charge >= 0.3 is 0 Å². The van der Waals surface area contributed by atoms with Crippen LogP contribution in [0.15, 0.2) is 36.5 Å². The minimum Gasteiger partial charge on any atom is -0.302 e. The van der Waals surface area contributed by atoms with Crippen LogP contribution in [-0.2, 0) is 7.05 Å². The number of carbonyl (C=O) groups excluding carboxylic acids is 1. The maximum absolute atomic E-state index is 12.3. The Hall–Kier alpha value is -2.96. The Balaban J connectivity index is 1.92. The molecule has 0 fully saturated rings. The normalized spacial score (nSPS) is 11.0. The third kappa shape index (κ3) is 3.05. The number of aryl methyl sites for hydroxylation is 2. The monoisotopic (exact) mass is 324 g/mol. The summed E-state index contributed by atoms with van der Waals surface area (Å²) in [6.45, 7) is 6.08. The van der Waals surface area contributed by atoms with Crippen LogP contribution in [0.2, 0.25) is 0 Å². The summed E-state index contributed by atoms with van der Waals surface area (Å²) < 4.78 is 3.33. The molecule has 3 aromatic rings. The number of aromatic nitrogens is 5. The van der Waals surface area contributed by atoms with Gasteiger partial charge in [0.05, 0.1) is 5.69 Å². The summed E-state index contributed by atoms with van der Waals surface area (Å²) in [4.78, 5) is 16.6. The van der Waals surface area contributed by atoms with E-state index in [0.717, 1.165) is 11.3 Å². The first-order chi connectivity index (χ1) is 11.5. The van der Waals surface area contributed by atoms with E-state index < -0.39 is 0 Å². The van der Waals surface area contributed by atoms with Crippen molar-refractivity contribution in [1.82, 2.24) is 24.5 Å². The Kier molecular flexibility index (Phi) is 4.16. The van der Waals surface area contributed by atoms with Crippen molar-refractivity contribution in [2.75, 3.05) is 5.32 Å². The Morgan fingerprint density at radius 2 is 1.92 bits per heavy atom. The van der Waals surface area contributed by atoms with E-state index in [1.807, 2.05) is 25.1 Å². The van der Waals surface area contributed by atoms with Crippen molar-refractivity contribution in [2.24, 2.45) is 7.05 Å². The highest BCUT2D eigenvalue weighted by Gasteiger charge is 2.18. The molecule has 0 atom stereocenters. The lowest BCUT2D eigenvalue weighted by Gasteiger charge is -2.12. The lowest BCUT2D eigenvalue weighted by atomic mass is 10.0. The van der Waals surface area contributed by atoms with Crippen LogP contribution < -0.4 is 5.32 Å². The number of hydrogen-bond donors (Lipinski definition) is 1. The number of amides is 1.